The second kappa shape index (κ2) is 8.50. The Hall–Kier alpha value is -4.21. The second-order valence-corrected chi connectivity index (χ2v) is 6.89. The number of nitrogens with zero attached hydrogens (tertiary/aromatic N) is 2. The van der Waals surface area contributed by atoms with E-state index in [2.05, 4.69) is 15.3 Å². The van der Waals surface area contributed by atoms with Crippen LogP contribution in [-0.4, -0.2) is 48.9 Å². The number of fused-ring (bicyclic) bond motifs is 3. The van der Waals surface area contributed by atoms with Crippen LogP contribution in [0.25, 0.3) is 21.9 Å². The SMILES string of the molecule is COc1ccc(NC(=O)Cn2cnc3c([nH]c4cc(OC)c(OC)cc43)c2=O)c(OC)c1. The molecule has 0 aliphatic rings. The van der Waals surface area contributed by atoms with Crippen molar-refractivity contribution < 1.29 is 23.7 Å². The molecule has 4 aromatic rings. The van der Waals surface area contributed by atoms with Crippen molar-refractivity contribution in [1.82, 2.24) is 14.5 Å². The molecule has 0 bridgehead atoms. The van der Waals surface area contributed by atoms with Gasteiger partial charge < -0.3 is 29.2 Å². The van der Waals surface area contributed by atoms with Crippen LogP contribution in [0.4, 0.5) is 5.69 Å². The highest BCUT2D eigenvalue weighted by Gasteiger charge is 2.16. The normalized spacial score (nSPS) is 10.9. The molecule has 0 unspecified atom stereocenters. The van der Waals surface area contributed by atoms with E-state index in [1.165, 1.54) is 32.2 Å². The van der Waals surface area contributed by atoms with Crippen molar-refractivity contribution in [3.8, 4) is 23.0 Å². The molecule has 0 aliphatic heterocycles. The first-order valence-corrected chi connectivity index (χ1v) is 9.63. The third kappa shape index (κ3) is 3.66. The van der Waals surface area contributed by atoms with Gasteiger partial charge in [0.2, 0.25) is 5.91 Å². The molecule has 4 rings (SSSR count). The Kier molecular flexibility index (Phi) is 5.59. The summed E-state index contributed by atoms with van der Waals surface area (Å²) < 4.78 is 22.3. The number of nitrogens with one attached hydrogen (secondary N) is 2. The highest BCUT2D eigenvalue weighted by molar-refractivity contribution is 6.05. The van der Waals surface area contributed by atoms with E-state index >= 15 is 0 Å². The number of hydrogen-bond acceptors (Lipinski definition) is 7. The monoisotopic (exact) mass is 438 g/mol. The fourth-order valence-electron chi connectivity index (χ4n) is 3.48. The Morgan fingerprint density at radius 3 is 2.41 bits per heavy atom. The number of ether oxygens (including phenoxy) is 4. The van der Waals surface area contributed by atoms with Crippen molar-refractivity contribution in [2.45, 2.75) is 6.54 Å². The highest BCUT2D eigenvalue weighted by Crippen LogP contribution is 2.34. The third-order valence-corrected chi connectivity index (χ3v) is 5.07. The maximum absolute atomic E-state index is 13.0. The number of aromatic amines is 1. The number of benzene rings is 2. The number of anilines is 1. The van der Waals surface area contributed by atoms with Crippen molar-refractivity contribution in [3.05, 3.63) is 47.0 Å². The molecule has 32 heavy (non-hydrogen) atoms. The smallest absolute Gasteiger partial charge is 0.278 e. The number of H-pyrrole nitrogens is 1. The summed E-state index contributed by atoms with van der Waals surface area (Å²) in [5.74, 6) is 1.69. The minimum absolute atomic E-state index is 0.223. The lowest BCUT2D eigenvalue weighted by molar-refractivity contribution is -0.116. The minimum Gasteiger partial charge on any atom is -0.497 e. The number of aromatic nitrogens is 3. The summed E-state index contributed by atoms with van der Waals surface area (Å²) in [6, 6.07) is 8.51. The number of amides is 1. The predicted octanol–water partition coefficient (Wildman–Crippen LogP) is 2.55. The summed E-state index contributed by atoms with van der Waals surface area (Å²) in [4.78, 5) is 33.1. The van der Waals surface area contributed by atoms with Crippen LogP contribution in [0.3, 0.4) is 0 Å². The first kappa shape index (κ1) is 21.0. The van der Waals surface area contributed by atoms with Crippen LogP contribution >= 0.6 is 0 Å². The zero-order chi connectivity index (χ0) is 22.8. The van der Waals surface area contributed by atoms with Crippen molar-refractivity contribution in [1.29, 1.82) is 0 Å². The molecule has 0 saturated carbocycles. The van der Waals surface area contributed by atoms with E-state index in [4.69, 9.17) is 18.9 Å². The summed E-state index contributed by atoms with van der Waals surface area (Å²) in [7, 11) is 6.11. The van der Waals surface area contributed by atoms with Gasteiger partial charge in [0.25, 0.3) is 5.56 Å². The average molecular weight is 438 g/mol. The molecule has 0 fully saturated rings. The van der Waals surface area contributed by atoms with Crippen molar-refractivity contribution in [2.24, 2.45) is 0 Å². The van der Waals surface area contributed by atoms with Crippen LogP contribution < -0.4 is 29.8 Å². The van der Waals surface area contributed by atoms with Gasteiger partial charge in [-0.15, -0.1) is 0 Å². The van der Waals surface area contributed by atoms with Crippen molar-refractivity contribution in [3.63, 3.8) is 0 Å². The van der Waals surface area contributed by atoms with E-state index in [1.54, 1.807) is 37.4 Å². The van der Waals surface area contributed by atoms with Gasteiger partial charge in [-0.1, -0.05) is 0 Å². The van der Waals surface area contributed by atoms with Crippen LogP contribution in [0.2, 0.25) is 0 Å². The van der Waals surface area contributed by atoms with Gasteiger partial charge in [0.15, 0.2) is 11.5 Å². The number of carbonyl (C=O) groups is 1. The van der Waals surface area contributed by atoms with E-state index in [0.717, 1.165) is 0 Å². The summed E-state index contributed by atoms with van der Waals surface area (Å²) in [5.41, 5.74) is 1.53. The van der Waals surface area contributed by atoms with E-state index in [-0.39, 0.29) is 17.6 Å². The second-order valence-electron chi connectivity index (χ2n) is 6.89. The topological polar surface area (TPSA) is 117 Å². The molecular formula is C22H22N4O6. The first-order valence-electron chi connectivity index (χ1n) is 9.63. The summed E-state index contributed by atoms with van der Waals surface area (Å²) >= 11 is 0. The van der Waals surface area contributed by atoms with Crippen LogP contribution in [0.15, 0.2) is 41.5 Å². The average Bonchev–Trinajstić information content (AvgIpc) is 3.18. The number of hydrogen-bond donors (Lipinski definition) is 2. The number of methoxy groups -OCH3 is 4. The van der Waals surface area contributed by atoms with Gasteiger partial charge in [0, 0.05) is 17.5 Å². The van der Waals surface area contributed by atoms with E-state index in [9.17, 15) is 9.59 Å². The Morgan fingerprint density at radius 1 is 1.00 bits per heavy atom. The minimum atomic E-state index is -0.406. The largest absolute Gasteiger partial charge is 0.497 e. The van der Waals surface area contributed by atoms with Crippen LogP contribution in [0.5, 0.6) is 23.0 Å². The maximum atomic E-state index is 13.0. The molecule has 10 heteroatoms. The molecule has 2 aromatic carbocycles. The van der Waals surface area contributed by atoms with Gasteiger partial charge >= 0.3 is 0 Å². The Morgan fingerprint density at radius 2 is 1.72 bits per heavy atom. The molecule has 166 valence electrons. The lowest BCUT2D eigenvalue weighted by atomic mass is 10.2. The Labute approximate surface area is 182 Å². The van der Waals surface area contributed by atoms with Crippen molar-refractivity contribution in [2.75, 3.05) is 33.8 Å². The molecule has 10 nitrogen and oxygen atoms in total. The standard InChI is InChI=1S/C22H22N4O6/c1-29-12-5-6-14(16(7-12)30-2)24-19(27)10-26-11-23-20-13-8-17(31-3)18(32-4)9-15(13)25-21(20)22(26)28/h5-9,11,25H,10H2,1-4H3,(H,24,27). The van der Waals surface area contributed by atoms with Gasteiger partial charge in [-0.05, 0) is 18.2 Å². The molecule has 0 atom stereocenters. The Bertz CT molecular complexity index is 1370. The molecule has 0 radical (unpaired) electrons. The number of carbonyl (C=O) groups excluding carboxylic acids is 1. The molecule has 0 spiro atoms. The Balaban J connectivity index is 1.65. The summed E-state index contributed by atoms with van der Waals surface area (Å²) in [6.07, 6.45) is 1.35. The van der Waals surface area contributed by atoms with Gasteiger partial charge in [-0.3, -0.25) is 14.2 Å². The van der Waals surface area contributed by atoms with Gasteiger partial charge in [0.05, 0.1) is 46.0 Å². The fraction of sp³-hybridized carbons (Fsp3) is 0.227. The molecular weight excluding hydrogens is 416 g/mol. The molecule has 0 aliphatic carbocycles. The zero-order valence-electron chi connectivity index (χ0n) is 18.0. The molecule has 1 amide bonds. The molecule has 2 heterocycles. The van der Waals surface area contributed by atoms with E-state index in [1.807, 2.05) is 0 Å². The molecule has 2 aromatic heterocycles. The number of rotatable bonds is 7. The summed E-state index contributed by atoms with van der Waals surface area (Å²) in [6.45, 7) is -0.223. The quantitative estimate of drug-likeness (QED) is 0.455. The van der Waals surface area contributed by atoms with Crippen molar-refractivity contribution >= 4 is 33.5 Å². The van der Waals surface area contributed by atoms with Crippen LogP contribution in [-0.2, 0) is 11.3 Å². The van der Waals surface area contributed by atoms with Crippen LogP contribution in [0, 0.1) is 0 Å². The third-order valence-electron chi connectivity index (χ3n) is 5.07. The molecule has 0 saturated heterocycles. The maximum Gasteiger partial charge on any atom is 0.278 e. The first-order chi connectivity index (χ1) is 15.5. The predicted molar refractivity (Wildman–Crippen MR) is 119 cm³/mol. The fourth-order valence-corrected chi connectivity index (χ4v) is 3.48. The highest BCUT2D eigenvalue weighted by atomic mass is 16.5. The van der Waals surface area contributed by atoms with Crippen LogP contribution in [0.1, 0.15) is 0 Å². The van der Waals surface area contributed by atoms with E-state index in [0.29, 0.717) is 45.1 Å². The lowest BCUT2D eigenvalue weighted by Gasteiger charge is -2.12. The van der Waals surface area contributed by atoms with Gasteiger partial charge in [0.1, 0.15) is 29.1 Å². The van der Waals surface area contributed by atoms with E-state index < -0.39 is 5.91 Å². The van der Waals surface area contributed by atoms with Gasteiger partial charge in [-0.25, -0.2) is 4.98 Å². The molecule has 2 N–H and O–H groups in total. The zero-order valence-corrected chi connectivity index (χ0v) is 18.0. The lowest BCUT2D eigenvalue weighted by Crippen LogP contribution is -2.28. The van der Waals surface area contributed by atoms with Gasteiger partial charge in [-0.2, -0.15) is 0 Å². The summed E-state index contributed by atoms with van der Waals surface area (Å²) in [5, 5.41) is 3.46.